The number of rotatable bonds is 4. The third-order valence-electron chi connectivity index (χ3n) is 0.570. The summed E-state index contributed by atoms with van der Waals surface area (Å²) in [5, 5.41) is 2.58. The van der Waals surface area contributed by atoms with Gasteiger partial charge in [0.05, 0.1) is 6.54 Å². The van der Waals surface area contributed by atoms with Crippen LogP contribution in [0.5, 0.6) is 0 Å². The van der Waals surface area contributed by atoms with Gasteiger partial charge in [-0.1, -0.05) is 22.6 Å². The lowest BCUT2D eigenvalue weighted by Crippen LogP contribution is -2.22. The topological polar surface area (TPSA) is 12.0 Å². The van der Waals surface area contributed by atoms with Gasteiger partial charge in [-0.3, -0.25) is 0 Å². The van der Waals surface area contributed by atoms with Crippen molar-refractivity contribution < 1.29 is 8.78 Å². The summed E-state index contributed by atoms with van der Waals surface area (Å²) in [6, 6.07) is 0. The normalized spacial score (nSPS) is 10.5. The Bertz CT molecular complexity index is 51.3. The van der Waals surface area contributed by atoms with Crippen LogP contribution in [-0.2, 0) is 0 Å². The predicted octanol–water partition coefficient (Wildman–Crippen LogP) is 1.28. The first kappa shape index (κ1) is 8.55. The molecule has 0 bridgehead atoms. The summed E-state index contributed by atoms with van der Waals surface area (Å²) in [6.45, 7) is 0.494. The molecule has 4 heteroatoms. The van der Waals surface area contributed by atoms with E-state index in [1.165, 1.54) is 0 Å². The quantitative estimate of drug-likeness (QED) is 0.439. The minimum atomic E-state index is -2.21. The third kappa shape index (κ3) is 6.55. The molecule has 0 aromatic heterocycles. The Morgan fingerprint density at radius 2 is 2.12 bits per heavy atom. The maximum atomic E-state index is 11.3. The molecule has 0 fully saturated rings. The molecule has 0 saturated heterocycles. The van der Waals surface area contributed by atoms with E-state index in [4.69, 9.17) is 0 Å². The second-order valence-electron chi connectivity index (χ2n) is 1.28. The molecule has 0 aliphatic rings. The van der Waals surface area contributed by atoms with Crippen LogP contribution in [0.4, 0.5) is 8.78 Å². The van der Waals surface area contributed by atoms with Gasteiger partial charge in [-0.15, -0.1) is 0 Å². The second-order valence-corrected chi connectivity index (χ2v) is 2.36. The van der Waals surface area contributed by atoms with E-state index in [2.05, 4.69) is 27.9 Å². The largest absolute Gasteiger partial charge is 0.311 e. The van der Waals surface area contributed by atoms with Crippen LogP contribution in [0, 0.1) is 0 Å². The van der Waals surface area contributed by atoms with Gasteiger partial charge in [0, 0.05) is 11.0 Å². The first-order chi connectivity index (χ1) is 3.77. The van der Waals surface area contributed by atoms with Crippen LogP contribution < -0.4 is 5.32 Å². The molecule has 0 aliphatic heterocycles. The fourth-order valence-electron chi connectivity index (χ4n) is 0.278. The minimum absolute atomic E-state index is 0.178. The molecule has 50 valence electrons. The standard InChI is InChI=1S/C4H8F2IN/c5-4(6)3-8-2-1-7/h4,8H,1-3H2. The number of alkyl halides is 3. The van der Waals surface area contributed by atoms with Gasteiger partial charge >= 0.3 is 0 Å². The molecular weight excluding hydrogens is 227 g/mol. The molecule has 0 aliphatic carbocycles. The van der Waals surface area contributed by atoms with E-state index in [1.54, 1.807) is 0 Å². The average Bonchev–Trinajstić information content (AvgIpc) is 1.66. The molecule has 1 nitrogen and oxygen atoms in total. The Morgan fingerprint density at radius 3 is 2.50 bits per heavy atom. The van der Waals surface area contributed by atoms with E-state index in [0.29, 0.717) is 6.54 Å². The number of hydrogen-bond acceptors (Lipinski definition) is 1. The molecule has 0 amide bonds. The summed E-state index contributed by atoms with van der Waals surface area (Å²) in [6.07, 6.45) is -2.21. The van der Waals surface area contributed by atoms with Crippen molar-refractivity contribution in [3.8, 4) is 0 Å². The SMILES string of the molecule is FC(F)CNCCI. The van der Waals surface area contributed by atoms with Crippen LogP contribution in [0.1, 0.15) is 0 Å². The summed E-state index contributed by atoms with van der Waals surface area (Å²) in [5.74, 6) is 0. The van der Waals surface area contributed by atoms with Crippen LogP contribution in [-0.4, -0.2) is 23.9 Å². The Hall–Kier alpha value is 0.550. The van der Waals surface area contributed by atoms with E-state index in [0.717, 1.165) is 4.43 Å². The van der Waals surface area contributed by atoms with Gasteiger partial charge in [0.1, 0.15) is 0 Å². The van der Waals surface area contributed by atoms with E-state index in [-0.39, 0.29) is 6.54 Å². The van der Waals surface area contributed by atoms with E-state index < -0.39 is 6.43 Å². The van der Waals surface area contributed by atoms with Crippen molar-refractivity contribution in [3.05, 3.63) is 0 Å². The monoisotopic (exact) mass is 235 g/mol. The number of hydrogen-bond donors (Lipinski definition) is 1. The molecule has 1 N–H and O–H groups in total. The lowest BCUT2D eigenvalue weighted by Gasteiger charge is -1.98. The summed E-state index contributed by atoms with van der Waals surface area (Å²) < 4.78 is 23.5. The Labute approximate surface area is 61.0 Å². The van der Waals surface area contributed by atoms with E-state index >= 15 is 0 Å². The van der Waals surface area contributed by atoms with Gasteiger partial charge in [-0.05, 0) is 0 Å². The summed E-state index contributed by atoms with van der Waals surface area (Å²) >= 11 is 2.13. The Morgan fingerprint density at radius 1 is 1.50 bits per heavy atom. The minimum Gasteiger partial charge on any atom is -0.311 e. The van der Waals surface area contributed by atoms with Crippen LogP contribution >= 0.6 is 22.6 Å². The highest BCUT2D eigenvalue weighted by Crippen LogP contribution is 1.87. The molecule has 0 saturated carbocycles. The molecule has 0 unspecified atom stereocenters. The molecule has 8 heavy (non-hydrogen) atoms. The van der Waals surface area contributed by atoms with Crippen molar-refractivity contribution in [1.82, 2.24) is 5.32 Å². The smallest absolute Gasteiger partial charge is 0.250 e. The van der Waals surface area contributed by atoms with Gasteiger partial charge in [0.25, 0.3) is 6.43 Å². The second kappa shape index (κ2) is 5.68. The molecular formula is C4H8F2IN. The lowest BCUT2D eigenvalue weighted by atomic mass is 10.6. The van der Waals surface area contributed by atoms with Crippen molar-refractivity contribution >= 4 is 22.6 Å². The maximum Gasteiger partial charge on any atom is 0.250 e. The van der Waals surface area contributed by atoms with Crippen molar-refractivity contribution in [2.75, 3.05) is 17.5 Å². The molecule has 0 atom stereocenters. The predicted molar refractivity (Wildman–Crippen MR) is 37.8 cm³/mol. The Balaban J connectivity index is 2.72. The van der Waals surface area contributed by atoms with Crippen LogP contribution in [0.25, 0.3) is 0 Å². The summed E-state index contributed by atoms with van der Waals surface area (Å²) in [7, 11) is 0. The van der Waals surface area contributed by atoms with Gasteiger partial charge in [0.15, 0.2) is 0 Å². The van der Waals surface area contributed by atoms with E-state index in [1.807, 2.05) is 0 Å². The average molecular weight is 235 g/mol. The fraction of sp³-hybridized carbons (Fsp3) is 1.00. The van der Waals surface area contributed by atoms with Gasteiger partial charge in [-0.25, -0.2) is 8.78 Å². The van der Waals surface area contributed by atoms with Crippen LogP contribution in [0.15, 0.2) is 0 Å². The van der Waals surface area contributed by atoms with Crippen LogP contribution in [0.3, 0.4) is 0 Å². The molecule has 0 spiro atoms. The number of nitrogens with one attached hydrogen (secondary N) is 1. The van der Waals surface area contributed by atoms with Gasteiger partial charge in [-0.2, -0.15) is 0 Å². The molecule has 0 aromatic rings. The molecule has 0 radical (unpaired) electrons. The third-order valence-corrected chi connectivity index (χ3v) is 1.11. The highest BCUT2D eigenvalue weighted by molar-refractivity contribution is 14.1. The number of halogens is 3. The van der Waals surface area contributed by atoms with Crippen molar-refractivity contribution in [3.63, 3.8) is 0 Å². The highest BCUT2D eigenvalue weighted by Gasteiger charge is 1.97. The zero-order valence-electron chi connectivity index (χ0n) is 4.33. The van der Waals surface area contributed by atoms with Crippen molar-refractivity contribution in [2.45, 2.75) is 6.43 Å². The zero-order chi connectivity index (χ0) is 6.41. The lowest BCUT2D eigenvalue weighted by molar-refractivity contribution is 0.147. The van der Waals surface area contributed by atoms with Crippen LogP contribution in [0.2, 0.25) is 0 Å². The first-order valence-corrected chi connectivity index (χ1v) is 3.84. The molecule has 0 rings (SSSR count). The molecule has 0 aromatic carbocycles. The summed E-state index contributed by atoms with van der Waals surface area (Å²) in [4.78, 5) is 0. The van der Waals surface area contributed by atoms with Crippen molar-refractivity contribution in [1.29, 1.82) is 0 Å². The Kier molecular flexibility index (Phi) is 6.07. The maximum absolute atomic E-state index is 11.3. The molecule has 0 heterocycles. The zero-order valence-corrected chi connectivity index (χ0v) is 6.49. The summed E-state index contributed by atoms with van der Waals surface area (Å²) in [5.41, 5.74) is 0. The first-order valence-electron chi connectivity index (χ1n) is 2.32. The van der Waals surface area contributed by atoms with Crippen molar-refractivity contribution in [2.24, 2.45) is 0 Å². The van der Waals surface area contributed by atoms with Gasteiger partial charge in [0.2, 0.25) is 0 Å². The highest BCUT2D eigenvalue weighted by atomic mass is 127. The van der Waals surface area contributed by atoms with E-state index in [9.17, 15) is 8.78 Å². The fourth-order valence-corrected chi connectivity index (χ4v) is 0.659. The van der Waals surface area contributed by atoms with Gasteiger partial charge < -0.3 is 5.32 Å².